The third-order valence-electron chi connectivity index (χ3n) is 16.1. The first kappa shape index (κ1) is 83.9. The fourth-order valence-corrected chi connectivity index (χ4v) is 10.7. The molecule has 0 spiro atoms. The van der Waals surface area contributed by atoms with Crippen molar-refractivity contribution in [3.8, 4) is 5.75 Å². The lowest BCUT2D eigenvalue weighted by atomic mass is 10.00. The molecule has 0 aliphatic carbocycles. The minimum atomic E-state index is -2.05. The quantitative estimate of drug-likeness (QED) is 0.0255. The van der Waals surface area contributed by atoms with Gasteiger partial charge in [0.05, 0.1) is 13.1 Å². The number of nitrogens with one attached hydrogen (secondary N) is 12. The van der Waals surface area contributed by atoms with Crippen molar-refractivity contribution in [1.82, 2.24) is 68.4 Å². The molecule has 1 fully saturated rings. The minimum Gasteiger partial charge on any atom is -0.508 e. The Balaban J connectivity index is 1.59. The summed E-state index contributed by atoms with van der Waals surface area (Å²) in [6.07, 6.45) is -6.03. The average molecular weight is 1450 g/mol. The number of benzene rings is 2. The number of amides is 12. The van der Waals surface area contributed by atoms with Crippen molar-refractivity contribution in [3.05, 3.63) is 65.9 Å². The van der Waals surface area contributed by atoms with E-state index in [0.717, 1.165) is 6.92 Å². The van der Waals surface area contributed by atoms with Crippen LogP contribution >= 0.6 is 0 Å². The SMILES string of the molecule is CCCN(CC=O)C(=O)[C@H](Cc1ccc(O)cc1)NC(=O)[C@H](C)NC(=O)[C@H](CCC(=O)O)NC(=O)[C@H](CCC(=O)O)NC(=O)[C@H](CCC(=O)O)NC(=O)[C@H](CCC(=O)O)NC(=O)[C@H](CCC(=O)O)NC(=O)[C@H](CC(C)C)NC(=O)[C@H](Cc1c[nH]c2ccccc12)NC(=O)CNC(=O)[C@@H]1CCC(=O)N1. The molecule has 12 amide bonds. The van der Waals surface area contributed by atoms with Gasteiger partial charge < -0.3 is 104 Å². The summed E-state index contributed by atoms with van der Waals surface area (Å²) in [5, 5.41) is 84.9. The van der Waals surface area contributed by atoms with Crippen LogP contribution in [0.5, 0.6) is 5.75 Å². The number of carboxylic acid groups (broad SMARTS) is 5. The fraction of sp³-hybridized carbons (Fsp3) is 0.515. The molecule has 18 N–H and O–H groups in total. The number of phenols is 1. The first-order valence-electron chi connectivity index (χ1n) is 33.1. The fourth-order valence-electron chi connectivity index (χ4n) is 10.7. The lowest BCUT2D eigenvalue weighted by Gasteiger charge is -2.28. The Labute approximate surface area is 589 Å². The number of carboxylic acids is 5. The van der Waals surface area contributed by atoms with E-state index in [0.29, 0.717) is 34.7 Å². The summed E-state index contributed by atoms with van der Waals surface area (Å²) in [6, 6.07) is -4.17. The molecule has 2 aromatic carbocycles. The van der Waals surface area contributed by atoms with Gasteiger partial charge in [-0.05, 0) is 93.5 Å². The van der Waals surface area contributed by atoms with Crippen LogP contribution in [0.4, 0.5) is 0 Å². The third-order valence-corrected chi connectivity index (χ3v) is 16.1. The highest BCUT2D eigenvalue weighted by Crippen LogP contribution is 2.21. The molecular weight excluding hydrogens is 1360 g/mol. The van der Waals surface area contributed by atoms with Gasteiger partial charge in [-0.25, -0.2) is 0 Å². The van der Waals surface area contributed by atoms with Crippen LogP contribution < -0.4 is 58.5 Å². The van der Waals surface area contributed by atoms with Crippen LogP contribution in [0.1, 0.15) is 129 Å². The van der Waals surface area contributed by atoms with Crippen molar-refractivity contribution in [2.75, 3.05) is 19.6 Å². The number of aromatic amines is 1. The van der Waals surface area contributed by atoms with Crippen LogP contribution in [0.3, 0.4) is 0 Å². The molecule has 37 nitrogen and oxygen atoms in total. The van der Waals surface area contributed by atoms with E-state index in [1.54, 1.807) is 51.2 Å². The van der Waals surface area contributed by atoms with E-state index in [1.165, 1.54) is 29.2 Å². The summed E-state index contributed by atoms with van der Waals surface area (Å²) in [4.78, 5) is 241. The largest absolute Gasteiger partial charge is 0.508 e. The number of hydrogen-bond acceptors (Lipinski definition) is 19. The molecule has 3 aromatic rings. The van der Waals surface area contributed by atoms with Crippen molar-refractivity contribution in [3.63, 3.8) is 0 Å². The van der Waals surface area contributed by atoms with Gasteiger partial charge in [-0.3, -0.25) is 81.5 Å². The highest BCUT2D eigenvalue weighted by Gasteiger charge is 2.37. The summed E-state index contributed by atoms with van der Waals surface area (Å²) in [7, 11) is 0. The van der Waals surface area contributed by atoms with Crippen LogP contribution in [-0.4, -0.2) is 228 Å². The van der Waals surface area contributed by atoms with Gasteiger partial charge in [-0.15, -0.1) is 0 Å². The summed E-state index contributed by atoms with van der Waals surface area (Å²) >= 11 is 0. The number of aromatic hydroxyl groups is 1. The molecule has 37 heteroatoms. The number of aldehydes is 1. The molecule has 103 heavy (non-hydrogen) atoms. The van der Waals surface area contributed by atoms with E-state index in [-0.39, 0.29) is 56.9 Å². The highest BCUT2D eigenvalue weighted by molar-refractivity contribution is 6.00. The van der Waals surface area contributed by atoms with Gasteiger partial charge >= 0.3 is 29.8 Å². The van der Waals surface area contributed by atoms with E-state index in [9.17, 15) is 117 Å². The van der Waals surface area contributed by atoms with E-state index in [1.807, 2.05) is 0 Å². The second-order valence-electron chi connectivity index (χ2n) is 24.8. The lowest BCUT2D eigenvalue weighted by Crippen LogP contribution is -2.60. The predicted octanol–water partition coefficient (Wildman–Crippen LogP) is -2.76. The number of carbonyl (C=O) groups excluding carboxylic acids is 13. The van der Waals surface area contributed by atoms with Crippen molar-refractivity contribution in [1.29, 1.82) is 0 Å². The lowest BCUT2D eigenvalue weighted by molar-refractivity contribution is -0.141. The Morgan fingerprint density at radius 2 is 0.961 bits per heavy atom. The Morgan fingerprint density at radius 3 is 1.39 bits per heavy atom. The molecule has 2 heterocycles. The molecule has 4 rings (SSSR count). The molecular formula is C66H89N13O24. The van der Waals surface area contributed by atoms with Crippen LogP contribution in [0.2, 0.25) is 0 Å². The van der Waals surface area contributed by atoms with Gasteiger partial charge in [0.15, 0.2) is 0 Å². The van der Waals surface area contributed by atoms with Crippen LogP contribution in [0.25, 0.3) is 10.9 Å². The van der Waals surface area contributed by atoms with Crippen molar-refractivity contribution in [2.24, 2.45) is 5.92 Å². The number of aromatic nitrogens is 1. The number of nitrogens with zero attached hydrogens (tertiary/aromatic N) is 1. The van der Waals surface area contributed by atoms with E-state index < -0.39 is 232 Å². The van der Waals surface area contributed by atoms with Gasteiger partial charge in [0.25, 0.3) is 0 Å². The summed E-state index contributed by atoms with van der Waals surface area (Å²) in [5.74, 6) is -20.5. The Kier molecular flexibility index (Phi) is 34.1. The molecule has 0 unspecified atom stereocenters. The smallest absolute Gasteiger partial charge is 0.303 e. The normalized spacial score (nSPS) is 15.0. The van der Waals surface area contributed by atoms with Crippen molar-refractivity contribution in [2.45, 2.75) is 191 Å². The molecule has 10 atom stereocenters. The second kappa shape index (κ2) is 41.9. The number of carbonyl (C=O) groups is 18. The maximum absolute atomic E-state index is 14.4. The zero-order chi connectivity index (χ0) is 76.6. The van der Waals surface area contributed by atoms with Gasteiger partial charge in [0.1, 0.15) is 72.5 Å². The van der Waals surface area contributed by atoms with Crippen LogP contribution in [-0.2, 0) is 99.1 Å². The van der Waals surface area contributed by atoms with E-state index >= 15 is 0 Å². The number of H-pyrrole nitrogens is 1. The van der Waals surface area contributed by atoms with Gasteiger partial charge in [-0.2, -0.15) is 0 Å². The summed E-state index contributed by atoms with van der Waals surface area (Å²) < 4.78 is 0. The zero-order valence-corrected chi connectivity index (χ0v) is 57.0. The number of para-hydroxylation sites is 1. The number of hydrogen-bond donors (Lipinski definition) is 18. The van der Waals surface area contributed by atoms with Gasteiger partial charge in [0, 0.05) is 75.0 Å². The van der Waals surface area contributed by atoms with Gasteiger partial charge in [0.2, 0.25) is 70.9 Å². The minimum absolute atomic E-state index is 0.0879. The number of phenolic OH excluding ortho intramolecular Hbond substituents is 1. The maximum atomic E-state index is 14.4. The first-order chi connectivity index (χ1) is 48.7. The van der Waals surface area contributed by atoms with Crippen molar-refractivity contribution >= 4 is 118 Å². The Hall–Kier alpha value is -11.6. The topological polar surface area (TPSA) is 580 Å². The zero-order valence-electron chi connectivity index (χ0n) is 57.0. The second-order valence-corrected chi connectivity index (χ2v) is 24.8. The van der Waals surface area contributed by atoms with E-state index in [2.05, 4.69) is 63.5 Å². The standard InChI is InChI=1S/C66H89N13O24/c1-5-26-79(27-28-80)66(103)49(30-36-10-12-38(81)13-11-36)78-57(94)35(4)69-59(96)42(15-21-52(84)85)72-60(97)43(16-22-53(86)87)73-61(98)44(17-23-54(88)89)74-62(99)45(18-24-55(90)91)75-63(100)46(19-25-56(92)93)76-64(101)47(29-34(2)3)77-65(102)48(31-37-32-67-40-9-7-6-8-39(37)40)71-51(83)33-68-58(95)41-14-20-50(82)70-41/h6-13,28,32,34-35,41-49,67,81H,5,14-27,29-31,33H2,1-4H3,(H,68,95)(H,69,96)(H,70,82)(H,71,83)(H,72,97)(H,73,98)(H,74,99)(H,75,100)(H,76,101)(H,77,102)(H,78,94)(H,84,85)(H,86,87)(H,88,89)(H,90,91)(H,92,93)/t35-,41-,42-,43-,44-,45-,46-,47-,48-,49-/m0/s1. The predicted molar refractivity (Wildman–Crippen MR) is 358 cm³/mol. The molecule has 0 bridgehead atoms. The molecule has 1 aliphatic heterocycles. The Morgan fingerprint density at radius 1 is 0.534 bits per heavy atom. The van der Waals surface area contributed by atoms with Crippen molar-refractivity contribution < 1.29 is 117 Å². The molecule has 1 aliphatic rings. The number of aliphatic carboxylic acids is 5. The Bertz CT molecular complexity index is 3580. The average Bonchev–Trinajstić information content (AvgIpc) is 1.72. The number of fused-ring (bicyclic) bond motifs is 1. The molecule has 1 aromatic heterocycles. The monoisotopic (exact) mass is 1450 g/mol. The third kappa shape index (κ3) is 29.3. The molecule has 0 saturated carbocycles. The maximum Gasteiger partial charge on any atom is 0.303 e. The molecule has 0 radical (unpaired) electrons. The summed E-state index contributed by atoms with van der Waals surface area (Å²) in [5.41, 5.74) is 1.65. The van der Waals surface area contributed by atoms with Crippen LogP contribution in [0, 0.1) is 5.92 Å². The van der Waals surface area contributed by atoms with Crippen LogP contribution in [0.15, 0.2) is 54.7 Å². The highest BCUT2D eigenvalue weighted by atomic mass is 16.4. The molecule has 562 valence electrons. The number of rotatable bonds is 46. The summed E-state index contributed by atoms with van der Waals surface area (Å²) in [6.45, 7) is 5.33. The first-order valence-corrected chi connectivity index (χ1v) is 33.1. The van der Waals surface area contributed by atoms with E-state index in [4.69, 9.17) is 0 Å². The molecule has 1 saturated heterocycles. The van der Waals surface area contributed by atoms with Gasteiger partial charge in [-0.1, -0.05) is 51.1 Å².